The monoisotopic (exact) mass is 605 g/mol. The molecular formula is C28H24BrN5O6. The standard InChI is InChI=1S/C28H24BrN5O6/c29-21-12-13-24-23(15-21)28(35)32(27(31-24)19-7-2-1-3-8-19)30-16-20-9-5-11-25(34(38)39)26(20)40-17-18-6-4-10-22(14-18)33(36)37/h4-6,9-16,19H,1-3,7-8,17H2. The van der Waals surface area contributed by atoms with Crippen molar-refractivity contribution in [2.24, 2.45) is 5.10 Å². The van der Waals surface area contributed by atoms with Crippen LogP contribution in [0.4, 0.5) is 11.4 Å². The Morgan fingerprint density at radius 2 is 1.80 bits per heavy atom. The molecule has 3 aromatic carbocycles. The molecule has 0 bridgehead atoms. The molecule has 40 heavy (non-hydrogen) atoms. The molecule has 12 heteroatoms. The van der Waals surface area contributed by atoms with E-state index in [9.17, 15) is 25.0 Å². The molecule has 11 nitrogen and oxygen atoms in total. The molecule has 0 radical (unpaired) electrons. The van der Waals surface area contributed by atoms with Gasteiger partial charge in [-0.15, -0.1) is 0 Å². The van der Waals surface area contributed by atoms with E-state index >= 15 is 0 Å². The lowest BCUT2D eigenvalue weighted by atomic mass is 9.88. The van der Waals surface area contributed by atoms with Gasteiger partial charge in [-0.3, -0.25) is 25.0 Å². The third-order valence-corrected chi connectivity index (χ3v) is 7.34. The fourth-order valence-electron chi connectivity index (χ4n) is 4.88. The van der Waals surface area contributed by atoms with Gasteiger partial charge >= 0.3 is 5.69 Å². The molecule has 0 unspecified atom stereocenters. The molecule has 1 aromatic heterocycles. The molecule has 1 heterocycles. The molecule has 1 aliphatic rings. The van der Waals surface area contributed by atoms with Crippen LogP contribution in [0, 0.1) is 20.2 Å². The SMILES string of the molecule is O=c1c2cc(Br)ccc2nc(C2CCCCC2)n1N=Cc1cccc([N+](=O)[O-])c1OCc1cccc([N+](=O)[O-])c1. The number of hydrogen-bond acceptors (Lipinski definition) is 8. The Morgan fingerprint density at radius 3 is 2.55 bits per heavy atom. The van der Waals surface area contributed by atoms with Gasteiger partial charge in [0.1, 0.15) is 12.4 Å². The predicted octanol–water partition coefficient (Wildman–Crippen LogP) is 6.48. The van der Waals surface area contributed by atoms with E-state index in [-0.39, 0.29) is 40.8 Å². The van der Waals surface area contributed by atoms with Crippen molar-refractivity contribution in [3.8, 4) is 5.75 Å². The summed E-state index contributed by atoms with van der Waals surface area (Å²) in [7, 11) is 0. The van der Waals surface area contributed by atoms with E-state index < -0.39 is 9.85 Å². The summed E-state index contributed by atoms with van der Waals surface area (Å²) in [6.07, 6.45) is 6.32. The lowest BCUT2D eigenvalue weighted by molar-refractivity contribution is -0.386. The number of halogens is 1. The van der Waals surface area contributed by atoms with Crippen molar-refractivity contribution < 1.29 is 14.6 Å². The smallest absolute Gasteiger partial charge is 0.311 e. The second kappa shape index (κ2) is 11.7. The normalized spacial score (nSPS) is 14.0. The summed E-state index contributed by atoms with van der Waals surface area (Å²) in [5.41, 5.74) is 0.570. The van der Waals surface area contributed by atoms with Crippen molar-refractivity contribution >= 4 is 44.4 Å². The number of nitro benzene ring substituents is 2. The Hall–Kier alpha value is -4.45. The van der Waals surface area contributed by atoms with E-state index in [4.69, 9.17) is 9.72 Å². The van der Waals surface area contributed by atoms with Crippen molar-refractivity contribution in [3.05, 3.63) is 113 Å². The Kier molecular flexibility index (Phi) is 7.96. The Labute approximate surface area is 236 Å². The highest BCUT2D eigenvalue weighted by Gasteiger charge is 2.23. The van der Waals surface area contributed by atoms with Gasteiger partial charge in [-0.2, -0.15) is 9.78 Å². The Balaban J connectivity index is 1.57. The van der Waals surface area contributed by atoms with Crippen LogP contribution in [0.25, 0.3) is 10.9 Å². The van der Waals surface area contributed by atoms with Gasteiger partial charge in [0, 0.05) is 34.2 Å². The van der Waals surface area contributed by atoms with Gasteiger partial charge < -0.3 is 4.74 Å². The number of benzene rings is 3. The minimum atomic E-state index is -0.575. The molecule has 0 atom stereocenters. The number of aromatic nitrogens is 2. The van der Waals surface area contributed by atoms with E-state index in [1.165, 1.54) is 41.2 Å². The van der Waals surface area contributed by atoms with Gasteiger partial charge in [-0.1, -0.05) is 53.4 Å². The van der Waals surface area contributed by atoms with Crippen molar-refractivity contribution in [1.82, 2.24) is 9.66 Å². The topological polar surface area (TPSA) is 143 Å². The van der Waals surface area contributed by atoms with Crippen molar-refractivity contribution in [3.63, 3.8) is 0 Å². The van der Waals surface area contributed by atoms with Gasteiger partial charge in [0.2, 0.25) is 5.75 Å². The molecule has 1 fully saturated rings. The number of rotatable bonds is 8. The average molecular weight is 606 g/mol. The highest BCUT2D eigenvalue weighted by atomic mass is 79.9. The maximum atomic E-state index is 13.6. The first-order valence-corrected chi connectivity index (χ1v) is 13.5. The predicted molar refractivity (Wildman–Crippen MR) is 153 cm³/mol. The van der Waals surface area contributed by atoms with Crippen LogP contribution in [-0.4, -0.2) is 25.7 Å². The number of non-ortho nitro benzene ring substituents is 1. The molecule has 0 spiro atoms. The molecule has 0 N–H and O–H groups in total. The van der Waals surface area contributed by atoms with Crippen LogP contribution >= 0.6 is 15.9 Å². The fourth-order valence-corrected chi connectivity index (χ4v) is 5.24. The van der Waals surface area contributed by atoms with E-state index in [1.807, 2.05) is 6.07 Å². The van der Waals surface area contributed by atoms with Crippen LogP contribution in [-0.2, 0) is 6.61 Å². The van der Waals surface area contributed by atoms with Gasteiger partial charge in [0.05, 0.1) is 27.0 Å². The van der Waals surface area contributed by atoms with Crippen LogP contribution < -0.4 is 10.3 Å². The number of fused-ring (bicyclic) bond motifs is 1. The maximum Gasteiger partial charge on any atom is 0.311 e. The molecular weight excluding hydrogens is 582 g/mol. The van der Waals surface area contributed by atoms with Gasteiger partial charge in [0.25, 0.3) is 11.2 Å². The van der Waals surface area contributed by atoms with Crippen molar-refractivity contribution in [2.75, 3.05) is 0 Å². The fraction of sp³-hybridized carbons (Fsp3) is 0.250. The lowest BCUT2D eigenvalue weighted by Crippen LogP contribution is -2.25. The number of para-hydroxylation sites is 1. The van der Waals surface area contributed by atoms with E-state index in [0.29, 0.717) is 22.3 Å². The second-order valence-electron chi connectivity index (χ2n) is 9.50. The van der Waals surface area contributed by atoms with Gasteiger partial charge in [-0.05, 0) is 42.7 Å². The first-order chi connectivity index (χ1) is 19.3. The van der Waals surface area contributed by atoms with Crippen molar-refractivity contribution in [2.45, 2.75) is 44.6 Å². The van der Waals surface area contributed by atoms with E-state index in [1.54, 1.807) is 24.3 Å². The lowest BCUT2D eigenvalue weighted by Gasteiger charge is -2.22. The summed E-state index contributed by atoms with van der Waals surface area (Å²) < 4.78 is 7.85. The highest BCUT2D eigenvalue weighted by molar-refractivity contribution is 9.10. The number of nitro groups is 2. The van der Waals surface area contributed by atoms with Crippen LogP contribution in [0.5, 0.6) is 5.75 Å². The zero-order valence-electron chi connectivity index (χ0n) is 21.2. The van der Waals surface area contributed by atoms with Gasteiger partial charge in [0.15, 0.2) is 0 Å². The Morgan fingerprint density at radius 1 is 1.02 bits per heavy atom. The molecule has 0 aliphatic heterocycles. The van der Waals surface area contributed by atoms with Crippen LogP contribution in [0.15, 0.2) is 75.0 Å². The molecule has 0 amide bonds. The summed E-state index contributed by atoms with van der Waals surface area (Å²) in [4.78, 5) is 40.3. The molecule has 1 saturated carbocycles. The van der Waals surface area contributed by atoms with Crippen LogP contribution in [0.3, 0.4) is 0 Å². The quantitative estimate of drug-likeness (QED) is 0.127. The second-order valence-corrected chi connectivity index (χ2v) is 10.4. The molecule has 5 rings (SSSR count). The number of nitrogens with zero attached hydrogens (tertiary/aromatic N) is 5. The third-order valence-electron chi connectivity index (χ3n) is 6.84. The van der Waals surface area contributed by atoms with E-state index in [2.05, 4.69) is 21.0 Å². The minimum absolute atomic E-state index is 0.0568. The minimum Gasteiger partial charge on any atom is -0.481 e. The summed E-state index contributed by atoms with van der Waals surface area (Å²) in [5.74, 6) is 0.549. The van der Waals surface area contributed by atoms with E-state index in [0.717, 1.165) is 36.6 Å². The molecule has 204 valence electrons. The Bertz CT molecular complexity index is 1700. The average Bonchev–Trinajstić information content (AvgIpc) is 2.96. The zero-order chi connectivity index (χ0) is 28.2. The summed E-state index contributed by atoms with van der Waals surface area (Å²) in [5, 5.41) is 27.8. The zero-order valence-corrected chi connectivity index (χ0v) is 22.8. The van der Waals surface area contributed by atoms with Crippen LogP contribution in [0.2, 0.25) is 0 Å². The molecule has 4 aromatic rings. The van der Waals surface area contributed by atoms with Crippen molar-refractivity contribution in [1.29, 1.82) is 0 Å². The largest absolute Gasteiger partial charge is 0.481 e. The first kappa shape index (κ1) is 27.1. The van der Waals surface area contributed by atoms with Gasteiger partial charge in [-0.25, -0.2) is 4.98 Å². The van der Waals surface area contributed by atoms with Crippen LogP contribution in [0.1, 0.15) is 55.0 Å². The molecule has 0 saturated heterocycles. The number of ether oxygens (including phenoxy) is 1. The third kappa shape index (κ3) is 5.76. The highest BCUT2D eigenvalue weighted by Crippen LogP contribution is 2.33. The summed E-state index contributed by atoms with van der Waals surface area (Å²) >= 11 is 3.41. The molecule has 1 aliphatic carbocycles. The summed E-state index contributed by atoms with van der Waals surface area (Å²) in [6, 6.07) is 15.6. The summed E-state index contributed by atoms with van der Waals surface area (Å²) in [6.45, 7) is -0.147. The number of hydrogen-bond donors (Lipinski definition) is 0. The first-order valence-electron chi connectivity index (χ1n) is 12.7. The maximum absolute atomic E-state index is 13.6.